The van der Waals surface area contributed by atoms with Crippen LogP contribution in [0.1, 0.15) is 27.7 Å². The van der Waals surface area contributed by atoms with Crippen LogP contribution in [0.4, 0.5) is 0 Å². The van der Waals surface area contributed by atoms with Crippen LogP contribution in [-0.4, -0.2) is 58.0 Å². The molecule has 3 aliphatic rings. The van der Waals surface area contributed by atoms with Crippen LogP contribution in [0.25, 0.3) is 0 Å². The molecule has 3 aliphatic heterocycles. The van der Waals surface area contributed by atoms with Gasteiger partial charge in [0.25, 0.3) is 5.91 Å². The van der Waals surface area contributed by atoms with Crippen molar-refractivity contribution in [2.24, 2.45) is 0 Å². The Labute approximate surface area is 146 Å². The van der Waals surface area contributed by atoms with E-state index < -0.39 is 16.6 Å². The molecular weight excluding hydrogens is 330 g/mol. The molecule has 0 unspecified atom stereocenters. The third-order valence-corrected chi connectivity index (χ3v) is 5.85. The first-order chi connectivity index (χ1) is 11.2. The number of fused-ring (bicyclic) bond motifs is 1. The van der Waals surface area contributed by atoms with E-state index in [1.165, 1.54) is 6.08 Å². The highest BCUT2D eigenvalue weighted by atomic mass is 32.2. The summed E-state index contributed by atoms with van der Waals surface area (Å²) in [5, 5.41) is -0.138. The molecule has 3 atom stereocenters. The number of carbonyl (C=O) groups excluding carboxylic acids is 2. The Morgan fingerprint density at radius 2 is 2.17 bits per heavy atom. The summed E-state index contributed by atoms with van der Waals surface area (Å²) in [6, 6.07) is -0.589. The van der Waals surface area contributed by atoms with E-state index in [-0.39, 0.29) is 30.0 Å². The van der Waals surface area contributed by atoms with Crippen molar-refractivity contribution in [3.05, 3.63) is 24.3 Å². The van der Waals surface area contributed by atoms with Crippen molar-refractivity contribution < 1.29 is 23.8 Å². The third-order valence-electron chi connectivity index (χ3n) is 4.31. The van der Waals surface area contributed by atoms with E-state index in [2.05, 4.69) is 6.58 Å². The van der Waals surface area contributed by atoms with Crippen molar-refractivity contribution in [3.63, 3.8) is 0 Å². The van der Waals surface area contributed by atoms with Gasteiger partial charge in [-0.25, -0.2) is 4.79 Å². The first kappa shape index (κ1) is 17.5. The molecule has 3 heterocycles. The molecule has 0 N–H and O–H groups in total. The fraction of sp³-hybridized carbons (Fsp3) is 0.647. The summed E-state index contributed by atoms with van der Waals surface area (Å²) >= 11 is 1.60. The summed E-state index contributed by atoms with van der Waals surface area (Å²) in [6.07, 6.45) is 3.11. The number of β-lactam (4-membered cyclic amide) rings is 1. The van der Waals surface area contributed by atoms with Gasteiger partial charge in [-0.3, -0.25) is 4.79 Å². The van der Waals surface area contributed by atoms with Crippen LogP contribution in [0.5, 0.6) is 0 Å². The Bertz CT molecular complexity index is 612. The lowest BCUT2D eigenvalue weighted by Crippen LogP contribution is -2.59. The van der Waals surface area contributed by atoms with Crippen LogP contribution in [-0.2, 0) is 23.8 Å². The maximum absolute atomic E-state index is 12.6. The monoisotopic (exact) mass is 353 g/mol. The fourth-order valence-electron chi connectivity index (χ4n) is 3.27. The molecule has 0 aromatic rings. The predicted octanol–water partition coefficient (Wildman–Crippen LogP) is 1.86. The zero-order valence-corrected chi connectivity index (χ0v) is 15.2. The molecule has 0 aromatic carbocycles. The molecule has 6 nitrogen and oxygen atoms in total. The molecule has 3 rings (SSSR count). The van der Waals surface area contributed by atoms with Gasteiger partial charge in [-0.1, -0.05) is 12.7 Å². The van der Waals surface area contributed by atoms with Gasteiger partial charge in [0.05, 0.1) is 6.61 Å². The van der Waals surface area contributed by atoms with Gasteiger partial charge in [0.1, 0.15) is 24.1 Å². The Balaban J connectivity index is 1.76. The number of amides is 1. The Morgan fingerprint density at radius 1 is 1.46 bits per heavy atom. The zero-order chi connectivity index (χ0) is 17.7. The van der Waals surface area contributed by atoms with E-state index in [1.54, 1.807) is 16.7 Å². The molecule has 24 heavy (non-hydrogen) atoms. The maximum Gasteiger partial charge on any atom is 0.330 e. The molecule has 3 fully saturated rings. The number of hydrogen-bond donors (Lipinski definition) is 0. The first-order valence-corrected chi connectivity index (χ1v) is 8.86. The minimum Gasteiger partial charge on any atom is -0.460 e. The van der Waals surface area contributed by atoms with Gasteiger partial charge in [-0.05, 0) is 33.8 Å². The van der Waals surface area contributed by atoms with Gasteiger partial charge in [0.15, 0.2) is 5.79 Å². The van der Waals surface area contributed by atoms with Crippen molar-refractivity contribution in [2.45, 2.75) is 55.7 Å². The number of rotatable bonds is 4. The lowest BCUT2D eigenvalue weighted by Gasteiger charge is -2.39. The van der Waals surface area contributed by atoms with Crippen LogP contribution >= 0.6 is 11.8 Å². The first-order valence-electron chi connectivity index (χ1n) is 7.98. The maximum atomic E-state index is 12.6. The van der Waals surface area contributed by atoms with Crippen molar-refractivity contribution >= 4 is 23.6 Å². The molecule has 7 heteroatoms. The van der Waals surface area contributed by atoms with E-state index >= 15 is 0 Å². The van der Waals surface area contributed by atoms with E-state index in [4.69, 9.17) is 14.2 Å². The van der Waals surface area contributed by atoms with Crippen LogP contribution in [0.2, 0.25) is 0 Å². The number of ether oxygens (including phenoxy) is 3. The molecule has 0 spiro atoms. The van der Waals surface area contributed by atoms with Gasteiger partial charge < -0.3 is 19.1 Å². The zero-order valence-electron chi connectivity index (χ0n) is 14.4. The fourth-order valence-corrected chi connectivity index (χ4v) is 4.83. The summed E-state index contributed by atoms with van der Waals surface area (Å²) in [6.45, 7) is 11.7. The van der Waals surface area contributed by atoms with Crippen molar-refractivity contribution in [1.29, 1.82) is 0 Å². The molecule has 0 radical (unpaired) electrons. The largest absolute Gasteiger partial charge is 0.460 e. The molecule has 0 aromatic heterocycles. The van der Waals surface area contributed by atoms with Crippen LogP contribution in [0, 0.1) is 0 Å². The Hall–Kier alpha value is -1.31. The third kappa shape index (κ3) is 2.89. The number of hydrogen-bond acceptors (Lipinski definition) is 6. The second kappa shape index (κ2) is 5.89. The van der Waals surface area contributed by atoms with Crippen molar-refractivity contribution in [2.75, 3.05) is 13.2 Å². The van der Waals surface area contributed by atoms with Crippen molar-refractivity contribution in [1.82, 2.24) is 4.90 Å². The highest BCUT2D eigenvalue weighted by Crippen LogP contribution is 2.53. The lowest BCUT2D eigenvalue weighted by molar-refractivity contribution is -0.156. The SMILES string of the molecule is C=CCOC(=O)[C@@H]1N2C(=O)/C(=C\[C@H]3COC(C)(C)O3)[C@H]2SC1(C)C. The van der Waals surface area contributed by atoms with Gasteiger partial charge in [0, 0.05) is 10.3 Å². The minimum absolute atomic E-state index is 0.132. The normalized spacial score (nSPS) is 34.8. The number of esters is 1. The second-order valence-electron chi connectivity index (χ2n) is 7.10. The summed E-state index contributed by atoms with van der Waals surface area (Å²) < 4.78 is 16.0. The summed E-state index contributed by atoms with van der Waals surface area (Å²) in [7, 11) is 0. The molecule has 3 saturated heterocycles. The molecule has 0 bridgehead atoms. The highest BCUT2D eigenvalue weighted by molar-refractivity contribution is 8.01. The Kier molecular flexibility index (Phi) is 4.30. The molecule has 1 amide bonds. The van der Waals surface area contributed by atoms with Gasteiger partial charge >= 0.3 is 5.97 Å². The quantitative estimate of drug-likeness (QED) is 0.333. The molecule has 0 saturated carbocycles. The number of nitrogens with zero attached hydrogens (tertiary/aromatic N) is 1. The van der Waals surface area contributed by atoms with E-state index in [0.717, 1.165) is 0 Å². The van der Waals surface area contributed by atoms with Crippen LogP contribution in [0.3, 0.4) is 0 Å². The highest BCUT2D eigenvalue weighted by Gasteiger charge is 2.61. The van der Waals surface area contributed by atoms with E-state index in [0.29, 0.717) is 12.2 Å². The Morgan fingerprint density at radius 3 is 2.75 bits per heavy atom. The standard InChI is InChI=1S/C17H23NO5S/c1-6-7-21-15(20)12-16(2,3)24-14-11(13(19)18(12)14)8-10-9-22-17(4,5)23-10/h6,8,10,12,14H,1,7,9H2,2-5H3/b11-8+/t10-,12-,14+/m0/s1. The summed E-state index contributed by atoms with van der Waals surface area (Å²) in [5.41, 5.74) is 0.679. The summed E-state index contributed by atoms with van der Waals surface area (Å²) in [4.78, 5) is 26.6. The number of carbonyl (C=O) groups is 2. The van der Waals surface area contributed by atoms with E-state index in [9.17, 15) is 9.59 Å². The molecule has 132 valence electrons. The number of thioether (sulfide) groups is 1. The topological polar surface area (TPSA) is 65.1 Å². The smallest absolute Gasteiger partial charge is 0.330 e. The second-order valence-corrected chi connectivity index (χ2v) is 8.83. The van der Waals surface area contributed by atoms with Gasteiger partial charge in [-0.2, -0.15) is 0 Å². The predicted molar refractivity (Wildman–Crippen MR) is 90.2 cm³/mol. The van der Waals surface area contributed by atoms with E-state index in [1.807, 2.05) is 33.8 Å². The lowest BCUT2D eigenvalue weighted by atomic mass is 9.95. The van der Waals surface area contributed by atoms with Gasteiger partial charge in [0.2, 0.25) is 0 Å². The van der Waals surface area contributed by atoms with Gasteiger partial charge in [-0.15, -0.1) is 11.8 Å². The van der Waals surface area contributed by atoms with Crippen LogP contribution < -0.4 is 0 Å². The summed E-state index contributed by atoms with van der Waals surface area (Å²) in [5.74, 6) is -1.15. The average Bonchev–Trinajstić information content (AvgIpc) is 2.96. The van der Waals surface area contributed by atoms with Crippen molar-refractivity contribution in [3.8, 4) is 0 Å². The molecule has 0 aliphatic carbocycles. The molecular formula is C17H23NO5S. The average molecular weight is 353 g/mol. The minimum atomic E-state index is -0.632. The van der Waals surface area contributed by atoms with Crippen LogP contribution in [0.15, 0.2) is 24.3 Å².